The molecule has 0 amide bonds. The standard InChI is InChI=1S/C14H19N/c1-5-14(3,4)9-8-12-7-6-11(2)10-13(12)15/h6-7,10H,5,15H2,1-4H3. The molecule has 0 aliphatic heterocycles. The van der Waals surface area contributed by atoms with Gasteiger partial charge in [0.05, 0.1) is 0 Å². The third-order valence-electron chi connectivity index (χ3n) is 2.63. The first-order valence-corrected chi connectivity index (χ1v) is 5.34. The van der Waals surface area contributed by atoms with Gasteiger partial charge in [-0.3, -0.25) is 0 Å². The van der Waals surface area contributed by atoms with Crippen molar-refractivity contribution < 1.29 is 0 Å². The van der Waals surface area contributed by atoms with Crippen molar-refractivity contribution in [2.45, 2.75) is 34.1 Å². The fourth-order valence-corrected chi connectivity index (χ4v) is 1.12. The van der Waals surface area contributed by atoms with E-state index in [2.05, 4.69) is 32.6 Å². The Hall–Kier alpha value is -1.42. The molecule has 1 rings (SSSR count). The average Bonchev–Trinajstić information content (AvgIpc) is 2.16. The van der Waals surface area contributed by atoms with Crippen LogP contribution in [0.25, 0.3) is 0 Å². The third kappa shape index (κ3) is 3.32. The predicted molar refractivity (Wildman–Crippen MR) is 66.5 cm³/mol. The number of hydrogen-bond acceptors (Lipinski definition) is 1. The monoisotopic (exact) mass is 201 g/mol. The Morgan fingerprint density at radius 1 is 1.33 bits per heavy atom. The number of nitrogen functional groups attached to an aromatic ring is 1. The van der Waals surface area contributed by atoms with Gasteiger partial charge in [-0.15, -0.1) is 0 Å². The van der Waals surface area contributed by atoms with Crippen molar-refractivity contribution in [2.75, 3.05) is 5.73 Å². The van der Waals surface area contributed by atoms with Crippen LogP contribution in [-0.2, 0) is 0 Å². The molecule has 0 atom stereocenters. The largest absolute Gasteiger partial charge is 0.398 e. The van der Waals surface area contributed by atoms with Crippen LogP contribution in [0.15, 0.2) is 18.2 Å². The van der Waals surface area contributed by atoms with Gasteiger partial charge in [-0.25, -0.2) is 0 Å². The average molecular weight is 201 g/mol. The SMILES string of the molecule is CCC(C)(C)C#Cc1ccc(C)cc1N. The molecular weight excluding hydrogens is 182 g/mol. The summed E-state index contributed by atoms with van der Waals surface area (Å²) in [7, 11) is 0. The molecule has 0 fully saturated rings. The van der Waals surface area contributed by atoms with Crippen molar-refractivity contribution >= 4 is 5.69 Å². The van der Waals surface area contributed by atoms with Gasteiger partial charge in [0, 0.05) is 16.7 Å². The molecule has 2 N–H and O–H groups in total. The summed E-state index contributed by atoms with van der Waals surface area (Å²) in [5.41, 5.74) is 8.84. The first kappa shape index (κ1) is 11.7. The molecule has 0 saturated carbocycles. The molecule has 1 aromatic rings. The smallest absolute Gasteiger partial charge is 0.0475 e. The molecule has 15 heavy (non-hydrogen) atoms. The Bertz CT molecular complexity index is 405. The van der Waals surface area contributed by atoms with Crippen molar-refractivity contribution in [1.82, 2.24) is 0 Å². The zero-order valence-corrected chi connectivity index (χ0v) is 10.0. The highest BCUT2D eigenvalue weighted by atomic mass is 14.6. The Morgan fingerprint density at radius 3 is 2.53 bits per heavy atom. The van der Waals surface area contributed by atoms with Gasteiger partial charge in [0.2, 0.25) is 0 Å². The summed E-state index contributed by atoms with van der Waals surface area (Å²) in [6.45, 7) is 8.46. The molecule has 1 aromatic carbocycles. The molecule has 1 nitrogen and oxygen atoms in total. The summed E-state index contributed by atoms with van der Waals surface area (Å²) in [4.78, 5) is 0. The van der Waals surface area contributed by atoms with E-state index in [1.807, 2.05) is 25.1 Å². The Morgan fingerprint density at radius 2 is 2.00 bits per heavy atom. The van der Waals surface area contributed by atoms with Crippen molar-refractivity contribution in [3.8, 4) is 11.8 Å². The summed E-state index contributed by atoms with van der Waals surface area (Å²) in [6, 6.07) is 5.99. The molecule has 1 heteroatoms. The van der Waals surface area contributed by atoms with Crippen molar-refractivity contribution in [1.29, 1.82) is 0 Å². The van der Waals surface area contributed by atoms with Gasteiger partial charge in [0.15, 0.2) is 0 Å². The van der Waals surface area contributed by atoms with Gasteiger partial charge < -0.3 is 5.73 Å². The molecule has 0 aliphatic carbocycles. The quantitative estimate of drug-likeness (QED) is 0.547. The summed E-state index contributed by atoms with van der Waals surface area (Å²) < 4.78 is 0. The maximum absolute atomic E-state index is 5.89. The minimum atomic E-state index is 0.0668. The normalized spacial score (nSPS) is 10.7. The van der Waals surface area contributed by atoms with Crippen LogP contribution >= 0.6 is 0 Å². The van der Waals surface area contributed by atoms with Crippen molar-refractivity contribution in [2.24, 2.45) is 5.41 Å². The Labute approximate surface area is 92.7 Å². The summed E-state index contributed by atoms with van der Waals surface area (Å²) in [5, 5.41) is 0. The highest BCUT2D eigenvalue weighted by Crippen LogP contribution is 2.19. The van der Waals surface area contributed by atoms with Crippen LogP contribution in [0.2, 0.25) is 0 Å². The van der Waals surface area contributed by atoms with Gasteiger partial charge in [-0.2, -0.15) is 0 Å². The summed E-state index contributed by atoms with van der Waals surface area (Å²) in [6.07, 6.45) is 1.05. The molecule has 80 valence electrons. The second-order valence-corrected chi connectivity index (χ2v) is 4.58. The Kier molecular flexibility index (Phi) is 3.42. The van der Waals surface area contributed by atoms with Crippen LogP contribution < -0.4 is 5.73 Å². The maximum Gasteiger partial charge on any atom is 0.0475 e. The molecule has 0 unspecified atom stereocenters. The van der Waals surface area contributed by atoms with E-state index in [0.29, 0.717) is 0 Å². The molecule has 0 bridgehead atoms. The van der Waals surface area contributed by atoms with Gasteiger partial charge in [-0.1, -0.05) is 24.8 Å². The van der Waals surface area contributed by atoms with Crippen molar-refractivity contribution in [3.05, 3.63) is 29.3 Å². The van der Waals surface area contributed by atoms with Crippen molar-refractivity contribution in [3.63, 3.8) is 0 Å². The predicted octanol–water partition coefficient (Wildman–Crippen LogP) is 3.36. The first-order chi connectivity index (χ1) is 6.94. The fourth-order valence-electron chi connectivity index (χ4n) is 1.12. The van der Waals surface area contributed by atoms with E-state index in [9.17, 15) is 0 Å². The zero-order chi connectivity index (χ0) is 11.5. The maximum atomic E-state index is 5.89. The van der Waals surface area contributed by atoms with Crippen LogP contribution in [0.4, 0.5) is 5.69 Å². The van der Waals surface area contributed by atoms with Crippen LogP contribution in [0.1, 0.15) is 38.3 Å². The minimum Gasteiger partial charge on any atom is -0.398 e. The second kappa shape index (κ2) is 4.40. The number of aryl methyl sites for hydroxylation is 1. The number of hydrogen-bond donors (Lipinski definition) is 1. The van der Waals surface area contributed by atoms with Crippen LogP contribution in [0.3, 0.4) is 0 Å². The highest BCUT2D eigenvalue weighted by Gasteiger charge is 2.09. The van der Waals surface area contributed by atoms with Gasteiger partial charge in [0.1, 0.15) is 0 Å². The molecular formula is C14H19N. The van der Waals surface area contributed by atoms with Crippen LogP contribution in [0.5, 0.6) is 0 Å². The lowest BCUT2D eigenvalue weighted by Gasteiger charge is -2.13. The van der Waals surface area contributed by atoms with E-state index in [4.69, 9.17) is 5.73 Å². The second-order valence-electron chi connectivity index (χ2n) is 4.58. The van der Waals surface area contributed by atoms with E-state index in [-0.39, 0.29) is 5.41 Å². The number of benzene rings is 1. The zero-order valence-electron chi connectivity index (χ0n) is 10.0. The Balaban J connectivity index is 2.99. The summed E-state index contributed by atoms with van der Waals surface area (Å²) in [5.74, 6) is 6.41. The number of anilines is 1. The van der Waals surface area contributed by atoms with Gasteiger partial charge >= 0.3 is 0 Å². The third-order valence-corrected chi connectivity index (χ3v) is 2.63. The fraction of sp³-hybridized carbons (Fsp3) is 0.429. The van der Waals surface area contributed by atoms with E-state index in [0.717, 1.165) is 17.7 Å². The number of rotatable bonds is 1. The van der Waals surface area contributed by atoms with Gasteiger partial charge in [0.25, 0.3) is 0 Å². The summed E-state index contributed by atoms with van der Waals surface area (Å²) >= 11 is 0. The van der Waals surface area contributed by atoms with Crippen LogP contribution in [0, 0.1) is 24.2 Å². The molecule has 0 aromatic heterocycles. The topological polar surface area (TPSA) is 26.0 Å². The van der Waals surface area contributed by atoms with Crippen LogP contribution in [-0.4, -0.2) is 0 Å². The lowest BCUT2D eigenvalue weighted by Crippen LogP contribution is -2.05. The molecule has 0 aliphatic rings. The highest BCUT2D eigenvalue weighted by molar-refractivity contribution is 5.57. The lowest BCUT2D eigenvalue weighted by atomic mass is 9.91. The molecule has 0 radical (unpaired) electrons. The molecule has 0 saturated heterocycles. The van der Waals surface area contributed by atoms with E-state index in [1.165, 1.54) is 5.56 Å². The lowest BCUT2D eigenvalue weighted by molar-refractivity contribution is 0.484. The molecule has 0 heterocycles. The molecule has 0 spiro atoms. The minimum absolute atomic E-state index is 0.0668. The van der Waals surface area contributed by atoms with E-state index in [1.54, 1.807) is 0 Å². The van der Waals surface area contributed by atoms with E-state index < -0.39 is 0 Å². The van der Waals surface area contributed by atoms with Gasteiger partial charge in [-0.05, 0) is 44.9 Å². The first-order valence-electron chi connectivity index (χ1n) is 5.34. The number of nitrogens with two attached hydrogens (primary N) is 1. The van der Waals surface area contributed by atoms with E-state index >= 15 is 0 Å².